The number of hydrogen-bond acceptors (Lipinski definition) is 3. The first-order valence-electron chi connectivity index (χ1n) is 4.74. The molecule has 1 aromatic rings. The molecule has 1 aliphatic carbocycles. The molecule has 1 fully saturated rings. The van der Waals surface area contributed by atoms with Crippen LogP contribution in [-0.4, -0.2) is 18.6 Å². The number of nitrogens with zero attached hydrogens (tertiary/aromatic N) is 1. The molecule has 3 rings (SSSR count). The van der Waals surface area contributed by atoms with Crippen LogP contribution in [0.1, 0.15) is 18.4 Å². The molecule has 0 bridgehead atoms. The highest BCUT2D eigenvalue weighted by Gasteiger charge is 2.51. The highest BCUT2D eigenvalue weighted by atomic mass is 79.9. The van der Waals surface area contributed by atoms with Crippen molar-refractivity contribution in [1.82, 2.24) is 4.98 Å². The van der Waals surface area contributed by atoms with Crippen molar-refractivity contribution in [2.24, 2.45) is 0 Å². The van der Waals surface area contributed by atoms with E-state index in [1.165, 1.54) is 18.4 Å². The second-order valence-electron chi connectivity index (χ2n) is 4.00. The van der Waals surface area contributed by atoms with E-state index in [0.29, 0.717) is 5.41 Å². The standard InChI is InChI=1S/C10H11BrN2O/c1-14-8-6(11)4-12-9-7(8)10(2-3-10)5-13-9/h4H,2-3,5H2,1H3,(H,12,13). The summed E-state index contributed by atoms with van der Waals surface area (Å²) in [6.07, 6.45) is 4.30. The van der Waals surface area contributed by atoms with E-state index >= 15 is 0 Å². The van der Waals surface area contributed by atoms with E-state index in [0.717, 1.165) is 22.6 Å². The van der Waals surface area contributed by atoms with E-state index < -0.39 is 0 Å². The summed E-state index contributed by atoms with van der Waals surface area (Å²) in [6.45, 7) is 1.02. The van der Waals surface area contributed by atoms with Gasteiger partial charge in [0.25, 0.3) is 0 Å². The van der Waals surface area contributed by atoms with Gasteiger partial charge in [-0.25, -0.2) is 4.98 Å². The largest absolute Gasteiger partial charge is 0.495 e. The Hall–Kier alpha value is -0.770. The van der Waals surface area contributed by atoms with E-state index in [1.54, 1.807) is 13.3 Å². The number of rotatable bonds is 1. The summed E-state index contributed by atoms with van der Waals surface area (Å²) < 4.78 is 6.39. The number of fused-ring (bicyclic) bond motifs is 2. The first-order valence-corrected chi connectivity index (χ1v) is 5.53. The third-order valence-electron chi connectivity index (χ3n) is 3.17. The summed E-state index contributed by atoms with van der Waals surface area (Å²) in [7, 11) is 1.72. The maximum atomic E-state index is 5.44. The lowest BCUT2D eigenvalue weighted by molar-refractivity contribution is 0.403. The first-order chi connectivity index (χ1) is 6.77. The van der Waals surface area contributed by atoms with Gasteiger partial charge in [0.1, 0.15) is 11.6 Å². The molecule has 3 nitrogen and oxygen atoms in total. The molecule has 1 spiro atoms. The van der Waals surface area contributed by atoms with Crippen LogP contribution in [-0.2, 0) is 5.41 Å². The fourth-order valence-electron chi connectivity index (χ4n) is 2.22. The minimum absolute atomic E-state index is 0.331. The van der Waals surface area contributed by atoms with Crippen LogP contribution in [0.25, 0.3) is 0 Å². The van der Waals surface area contributed by atoms with Gasteiger partial charge in [-0.1, -0.05) is 0 Å². The Bertz CT molecular complexity index is 401. The number of hydrogen-bond donors (Lipinski definition) is 1. The Balaban J connectivity index is 2.24. The normalized spacial score (nSPS) is 20.4. The van der Waals surface area contributed by atoms with Crippen molar-refractivity contribution in [1.29, 1.82) is 0 Å². The fourth-order valence-corrected chi connectivity index (χ4v) is 2.68. The topological polar surface area (TPSA) is 34.1 Å². The van der Waals surface area contributed by atoms with Gasteiger partial charge in [0.2, 0.25) is 0 Å². The lowest BCUT2D eigenvalue weighted by Crippen LogP contribution is -2.09. The Morgan fingerprint density at radius 2 is 2.36 bits per heavy atom. The van der Waals surface area contributed by atoms with Crippen LogP contribution in [0, 0.1) is 0 Å². The van der Waals surface area contributed by atoms with Gasteiger partial charge in [-0.2, -0.15) is 0 Å². The summed E-state index contributed by atoms with van der Waals surface area (Å²) in [5.41, 5.74) is 1.60. The van der Waals surface area contributed by atoms with E-state index in [9.17, 15) is 0 Å². The fraction of sp³-hybridized carbons (Fsp3) is 0.500. The van der Waals surface area contributed by atoms with Crippen molar-refractivity contribution < 1.29 is 4.74 Å². The molecule has 0 aromatic carbocycles. The monoisotopic (exact) mass is 254 g/mol. The van der Waals surface area contributed by atoms with Gasteiger partial charge in [0.15, 0.2) is 0 Å². The second kappa shape index (κ2) is 2.63. The molecule has 0 unspecified atom stereocenters. The van der Waals surface area contributed by atoms with E-state index in [-0.39, 0.29) is 0 Å². The highest BCUT2D eigenvalue weighted by Crippen LogP contribution is 2.57. The second-order valence-corrected chi connectivity index (χ2v) is 4.85. The molecule has 1 aliphatic heterocycles. The Labute approximate surface area is 91.0 Å². The lowest BCUT2D eigenvalue weighted by Gasteiger charge is -2.12. The minimum atomic E-state index is 0.331. The number of anilines is 1. The van der Waals surface area contributed by atoms with Crippen molar-refractivity contribution in [3.63, 3.8) is 0 Å². The van der Waals surface area contributed by atoms with Gasteiger partial charge in [0, 0.05) is 23.7 Å². The minimum Gasteiger partial charge on any atom is -0.495 e. The van der Waals surface area contributed by atoms with Crippen LogP contribution < -0.4 is 10.1 Å². The maximum Gasteiger partial charge on any atom is 0.142 e. The van der Waals surface area contributed by atoms with E-state index in [2.05, 4.69) is 26.2 Å². The first kappa shape index (κ1) is 8.53. The maximum absolute atomic E-state index is 5.44. The molecule has 1 saturated carbocycles. The highest BCUT2D eigenvalue weighted by molar-refractivity contribution is 9.10. The van der Waals surface area contributed by atoms with Gasteiger partial charge >= 0.3 is 0 Å². The number of ether oxygens (including phenoxy) is 1. The van der Waals surface area contributed by atoms with Crippen molar-refractivity contribution in [2.45, 2.75) is 18.3 Å². The summed E-state index contributed by atoms with van der Waals surface area (Å²) in [4.78, 5) is 4.37. The molecular formula is C10H11BrN2O. The van der Waals surface area contributed by atoms with E-state index in [4.69, 9.17) is 4.74 Å². The molecule has 0 amide bonds. The zero-order valence-electron chi connectivity index (χ0n) is 7.93. The summed E-state index contributed by atoms with van der Waals surface area (Å²) >= 11 is 3.47. The van der Waals surface area contributed by atoms with Gasteiger partial charge in [-0.15, -0.1) is 0 Å². The molecule has 1 N–H and O–H groups in total. The van der Waals surface area contributed by atoms with Gasteiger partial charge in [-0.05, 0) is 28.8 Å². The molecule has 74 valence electrons. The van der Waals surface area contributed by atoms with E-state index in [1.807, 2.05) is 0 Å². The van der Waals surface area contributed by atoms with Gasteiger partial charge in [0.05, 0.1) is 11.6 Å². The van der Waals surface area contributed by atoms with Crippen molar-refractivity contribution >= 4 is 21.7 Å². The molecule has 0 atom stereocenters. The van der Waals surface area contributed by atoms with Crippen LogP contribution >= 0.6 is 15.9 Å². The molecule has 4 heteroatoms. The van der Waals surface area contributed by atoms with Crippen LogP contribution in [0.2, 0.25) is 0 Å². The number of methoxy groups -OCH3 is 1. The molecular weight excluding hydrogens is 244 g/mol. The van der Waals surface area contributed by atoms with Crippen LogP contribution in [0.3, 0.4) is 0 Å². The van der Waals surface area contributed by atoms with Crippen LogP contribution in [0.4, 0.5) is 5.82 Å². The smallest absolute Gasteiger partial charge is 0.142 e. The third-order valence-corrected chi connectivity index (χ3v) is 3.73. The number of pyridine rings is 1. The van der Waals surface area contributed by atoms with Gasteiger partial charge < -0.3 is 10.1 Å². The molecule has 2 heterocycles. The number of halogens is 1. The predicted octanol–water partition coefficient (Wildman–Crippen LogP) is 2.31. The summed E-state index contributed by atoms with van der Waals surface area (Å²) in [5.74, 6) is 1.96. The Morgan fingerprint density at radius 3 is 3.00 bits per heavy atom. The molecule has 14 heavy (non-hydrogen) atoms. The Morgan fingerprint density at radius 1 is 1.57 bits per heavy atom. The lowest BCUT2D eigenvalue weighted by atomic mass is 9.99. The number of nitrogens with one attached hydrogen (secondary N) is 1. The molecule has 1 aromatic heterocycles. The van der Waals surface area contributed by atoms with Crippen LogP contribution in [0.15, 0.2) is 10.7 Å². The average Bonchev–Trinajstić information content (AvgIpc) is 2.87. The summed E-state index contributed by atoms with van der Waals surface area (Å²) in [5, 5.41) is 3.34. The Kier molecular flexibility index (Phi) is 1.60. The number of aromatic nitrogens is 1. The molecule has 0 saturated heterocycles. The van der Waals surface area contributed by atoms with Crippen molar-refractivity contribution in [3.05, 3.63) is 16.2 Å². The summed E-state index contributed by atoms with van der Waals surface area (Å²) in [6, 6.07) is 0. The zero-order valence-corrected chi connectivity index (χ0v) is 9.52. The van der Waals surface area contributed by atoms with Crippen molar-refractivity contribution in [2.75, 3.05) is 19.0 Å². The van der Waals surface area contributed by atoms with Gasteiger partial charge in [-0.3, -0.25) is 0 Å². The quantitative estimate of drug-likeness (QED) is 0.836. The average molecular weight is 255 g/mol. The third kappa shape index (κ3) is 0.947. The van der Waals surface area contributed by atoms with Crippen LogP contribution in [0.5, 0.6) is 5.75 Å². The van der Waals surface area contributed by atoms with Crippen molar-refractivity contribution in [3.8, 4) is 5.75 Å². The SMILES string of the molecule is COc1c(Br)cnc2c1C1(CC1)CN2. The molecule has 2 aliphatic rings. The predicted molar refractivity (Wildman–Crippen MR) is 57.9 cm³/mol. The molecule has 0 radical (unpaired) electrons. The zero-order chi connectivity index (χ0) is 9.76.